The Morgan fingerprint density at radius 2 is 2.05 bits per heavy atom. The molecule has 1 rings (SSSR count). The molecule has 0 unspecified atom stereocenters. The van der Waals surface area contributed by atoms with Gasteiger partial charge in [0, 0.05) is 17.5 Å². The van der Waals surface area contributed by atoms with Gasteiger partial charge in [-0.05, 0) is 30.7 Å². The molecule has 3 nitrogen and oxygen atoms in total. The lowest BCUT2D eigenvalue weighted by Crippen LogP contribution is -2.33. The highest BCUT2D eigenvalue weighted by Gasteiger charge is 2.27. The van der Waals surface area contributed by atoms with Crippen molar-refractivity contribution < 1.29 is 23.1 Å². The van der Waals surface area contributed by atoms with Crippen LogP contribution in [0.1, 0.15) is 27.9 Å². The molecule has 0 saturated carbocycles. The number of aliphatic hydroxyl groups is 1. The number of hydrogen-bond acceptors (Lipinski definition) is 2. The quantitative estimate of drug-likeness (QED) is 0.835. The van der Waals surface area contributed by atoms with Gasteiger partial charge in [0.25, 0.3) is 5.91 Å². The van der Waals surface area contributed by atoms with E-state index in [9.17, 15) is 18.0 Å². The molecule has 0 bridgehead atoms. The molecule has 2 N–H and O–H groups in total. The minimum absolute atomic E-state index is 0.0717. The zero-order valence-corrected chi connectivity index (χ0v) is 10.8. The van der Waals surface area contributed by atoms with Crippen LogP contribution < -0.4 is 5.32 Å². The molecule has 20 heavy (non-hydrogen) atoms. The number of amides is 1. The van der Waals surface area contributed by atoms with Crippen LogP contribution in [0, 0.1) is 18.8 Å². The maximum Gasteiger partial charge on any atom is 0.405 e. The molecule has 0 aromatic heterocycles. The van der Waals surface area contributed by atoms with E-state index in [1.165, 1.54) is 12.1 Å². The molecule has 0 aliphatic rings. The van der Waals surface area contributed by atoms with E-state index in [1.54, 1.807) is 13.0 Å². The maximum atomic E-state index is 12.0. The first-order valence-electron chi connectivity index (χ1n) is 5.88. The Morgan fingerprint density at radius 3 is 2.65 bits per heavy atom. The number of aliphatic hydroxyl groups excluding tert-OH is 1. The highest BCUT2D eigenvalue weighted by Crippen LogP contribution is 2.13. The van der Waals surface area contributed by atoms with Crippen molar-refractivity contribution in [3.05, 3.63) is 34.9 Å². The number of halogens is 3. The first-order valence-corrected chi connectivity index (χ1v) is 5.88. The molecule has 0 saturated heterocycles. The van der Waals surface area contributed by atoms with Crippen molar-refractivity contribution in [1.82, 2.24) is 5.32 Å². The number of carbonyl (C=O) groups excluding carboxylic acids is 1. The highest BCUT2D eigenvalue weighted by molar-refractivity contribution is 5.94. The number of nitrogens with one attached hydrogen (secondary N) is 1. The van der Waals surface area contributed by atoms with E-state index in [0.717, 1.165) is 5.56 Å². The summed E-state index contributed by atoms with van der Waals surface area (Å²) < 4.78 is 36.1. The second-order valence-electron chi connectivity index (χ2n) is 4.16. The van der Waals surface area contributed by atoms with Gasteiger partial charge in [-0.15, -0.1) is 0 Å². The van der Waals surface area contributed by atoms with E-state index in [4.69, 9.17) is 5.11 Å². The van der Waals surface area contributed by atoms with E-state index in [0.29, 0.717) is 12.0 Å². The minimum atomic E-state index is -4.44. The summed E-state index contributed by atoms with van der Waals surface area (Å²) >= 11 is 0. The van der Waals surface area contributed by atoms with Crippen LogP contribution in [0.15, 0.2) is 18.2 Å². The summed E-state index contributed by atoms with van der Waals surface area (Å²) in [7, 11) is 0. The number of benzene rings is 1. The van der Waals surface area contributed by atoms with Gasteiger partial charge in [0.2, 0.25) is 0 Å². The normalized spacial score (nSPS) is 10.7. The molecule has 1 amide bonds. The SMILES string of the molecule is Cc1cc(C#CCCO)cc(C(=O)NCC(F)(F)F)c1. The number of rotatable bonds is 3. The van der Waals surface area contributed by atoms with Gasteiger partial charge in [-0.1, -0.05) is 11.8 Å². The number of aryl methyl sites for hydroxylation is 1. The average Bonchev–Trinajstić information content (AvgIpc) is 2.35. The van der Waals surface area contributed by atoms with Crippen molar-refractivity contribution in [2.45, 2.75) is 19.5 Å². The third kappa shape index (κ3) is 5.76. The van der Waals surface area contributed by atoms with Gasteiger partial charge in [0.05, 0.1) is 6.61 Å². The summed E-state index contributed by atoms with van der Waals surface area (Å²) in [6.45, 7) is 0.279. The molecule has 0 spiro atoms. The second-order valence-corrected chi connectivity index (χ2v) is 4.16. The van der Waals surface area contributed by atoms with E-state index in [2.05, 4.69) is 11.8 Å². The topological polar surface area (TPSA) is 49.3 Å². The van der Waals surface area contributed by atoms with Crippen LogP contribution in [0.3, 0.4) is 0 Å². The van der Waals surface area contributed by atoms with Crippen molar-refractivity contribution in [1.29, 1.82) is 0 Å². The predicted octanol–water partition coefficient (Wildman–Crippen LogP) is 2.02. The van der Waals surface area contributed by atoms with Crippen LogP contribution in [0.2, 0.25) is 0 Å². The van der Waals surface area contributed by atoms with Crippen LogP contribution in [0.4, 0.5) is 13.2 Å². The molecule has 0 aliphatic heterocycles. The van der Waals surface area contributed by atoms with Crippen molar-refractivity contribution in [2.75, 3.05) is 13.2 Å². The second kappa shape index (κ2) is 6.96. The van der Waals surface area contributed by atoms with Gasteiger partial charge in [-0.2, -0.15) is 13.2 Å². The van der Waals surface area contributed by atoms with Gasteiger partial charge in [0.1, 0.15) is 6.54 Å². The predicted molar refractivity (Wildman–Crippen MR) is 68.1 cm³/mol. The van der Waals surface area contributed by atoms with Crippen molar-refractivity contribution >= 4 is 5.91 Å². The Morgan fingerprint density at radius 1 is 1.35 bits per heavy atom. The van der Waals surface area contributed by atoms with Gasteiger partial charge in [-0.3, -0.25) is 4.79 Å². The molecule has 1 aromatic rings. The Balaban J connectivity index is 2.85. The molecule has 108 valence electrons. The van der Waals surface area contributed by atoms with Gasteiger partial charge < -0.3 is 10.4 Å². The maximum absolute atomic E-state index is 12.0. The zero-order valence-electron chi connectivity index (χ0n) is 10.8. The Kier molecular flexibility index (Phi) is 5.59. The lowest BCUT2D eigenvalue weighted by atomic mass is 10.1. The smallest absolute Gasteiger partial charge is 0.395 e. The summed E-state index contributed by atoms with van der Waals surface area (Å²) in [5.74, 6) is 4.64. The number of carbonyl (C=O) groups is 1. The van der Waals surface area contributed by atoms with Gasteiger partial charge in [-0.25, -0.2) is 0 Å². The molecule has 0 heterocycles. The summed E-state index contributed by atoms with van der Waals surface area (Å²) in [5, 5.41) is 10.4. The van der Waals surface area contributed by atoms with Crippen LogP contribution in [0.25, 0.3) is 0 Å². The lowest BCUT2D eigenvalue weighted by Gasteiger charge is -2.09. The molecule has 1 aromatic carbocycles. The van der Waals surface area contributed by atoms with Crippen molar-refractivity contribution in [2.24, 2.45) is 0 Å². The fraction of sp³-hybridized carbons (Fsp3) is 0.357. The Bertz CT molecular complexity index is 542. The van der Waals surface area contributed by atoms with E-state index in [-0.39, 0.29) is 12.2 Å². The molecule has 0 aliphatic carbocycles. The molecule has 0 atom stereocenters. The fourth-order valence-corrected chi connectivity index (χ4v) is 1.49. The highest BCUT2D eigenvalue weighted by atomic mass is 19.4. The monoisotopic (exact) mass is 285 g/mol. The summed E-state index contributed by atoms with van der Waals surface area (Å²) in [5.41, 5.74) is 1.37. The molecular formula is C14H14F3NO2. The molecular weight excluding hydrogens is 271 g/mol. The average molecular weight is 285 g/mol. The third-order valence-electron chi connectivity index (χ3n) is 2.26. The zero-order chi connectivity index (χ0) is 15.2. The fourth-order valence-electron chi connectivity index (χ4n) is 1.49. The van der Waals surface area contributed by atoms with E-state index >= 15 is 0 Å². The van der Waals surface area contributed by atoms with Gasteiger partial charge in [0.15, 0.2) is 0 Å². The van der Waals surface area contributed by atoms with Crippen molar-refractivity contribution in [3.63, 3.8) is 0 Å². The first-order chi connectivity index (χ1) is 9.31. The Labute approximate surface area is 114 Å². The molecule has 6 heteroatoms. The summed E-state index contributed by atoms with van der Waals surface area (Å²) in [4.78, 5) is 11.6. The number of hydrogen-bond donors (Lipinski definition) is 2. The van der Waals surface area contributed by atoms with E-state index < -0.39 is 18.6 Å². The molecule has 0 fully saturated rings. The van der Waals surface area contributed by atoms with Crippen LogP contribution in [-0.2, 0) is 0 Å². The van der Waals surface area contributed by atoms with E-state index in [1.807, 2.05) is 5.32 Å². The van der Waals surface area contributed by atoms with Crippen molar-refractivity contribution in [3.8, 4) is 11.8 Å². The first kappa shape index (κ1) is 16.1. The standard InChI is InChI=1S/C14H14F3NO2/c1-10-6-11(4-2-3-5-19)8-12(7-10)13(20)18-9-14(15,16)17/h6-8,19H,3,5,9H2,1H3,(H,18,20). The molecule has 0 radical (unpaired) electrons. The van der Waals surface area contributed by atoms with Crippen LogP contribution in [-0.4, -0.2) is 30.3 Å². The summed E-state index contributed by atoms with van der Waals surface area (Å²) in [6, 6.07) is 4.62. The largest absolute Gasteiger partial charge is 0.405 e. The van der Waals surface area contributed by atoms with Crippen LogP contribution >= 0.6 is 0 Å². The third-order valence-corrected chi connectivity index (χ3v) is 2.26. The number of alkyl halides is 3. The minimum Gasteiger partial charge on any atom is -0.395 e. The van der Waals surface area contributed by atoms with Crippen LogP contribution in [0.5, 0.6) is 0 Å². The van der Waals surface area contributed by atoms with Gasteiger partial charge >= 0.3 is 6.18 Å². The lowest BCUT2D eigenvalue weighted by molar-refractivity contribution is -0.123. The Hall–Kier alpha value is -2.00. The summed E-state index contributed by atoms with van der Waals surface area (Å²) in [6.07, 6.45) is -4.15.